The Kier molecular flexibility index (Phi) is 3.35. The standard InChI is InChI=1S/C16H22N6S/c1-2-6-13-18-19-15(22(13)9-3-1)12-5-4-10-21(12)16-17-14(20-23-16)11-7-8-11/h11-12H,1-10H2/t12-/m0/s1. The van der Waals surface area contributed by atoms with E-state index in [1.54, 1.807) is 11.5 Å². The lowest BCUT2D eigenvalue weighted by Gasteiger charge is -2.23. The van der Waals surface area contributed by atoms with Crippen LogP contribution in [-0.2, 0) is 13.0 Å². The van der Waals surface area contributed by atoms with E-state index in [2.05, 4.69) is 24.0 Å². The zero-order valence-corrected chi connectivity index (χ0v) is 14.1. The van der Waals surface area contributed by atoms with Crippen molar-refractivity contribution >= 4 is 16.7 Å². The molecule has 1 atom stereocenters. The molecule has 0 amide bonds. The van der Waals surface area contributed by atoms with E-state index in [0.717, 1.165) is 42.7 Å². The van der Waals surface area contributed by atoms with Gasteiger partial charge in [-0.15, -0.1) is 10.2 Å². The third-order valence-corrected chi connectivity index (χ3v) is 6.08. The number of hydrogen-bond donors (Lipinski definition) is 0. The molecule has 1 saturated carbocycles. The fraction of sp³-hybridized carbons (Fsp3) is 0.750. The molecule has 6 nitrogen and oxygen atoms in total. The van der Waals surface area contributed by atoms with Gasteiger partial charge in [-0.25, -0.2) is 4.98 Å². The van der Waals surface area contributed by atoms with E-state index in [-0.39, 0.29) is 0 Å². The van der Waals surface area contributed by atoms with Gasteiger partial charge in [0.25, 0.3) is 0 Å². The van der Waals surface area contributed by atoms with Crippen molar-refractivity contribution in [3.63, 3.8) is 0 Å². The number of fused-ring (bicyclic) bond motifs is 1. The van der Waals surface area contributed by atoms with Crippen molar-refractivity contribution in [2.24, 2.45) is 0 Å². The summed E-state index contributed by atoms with van der Waals surface area (Å²) in [5.41, 5.74) is 0. The van der Waals surface area contributed by atoms with Crippen LogP contribution in [0, 0.1) is 0 Å². The number of aryl methyl sites for hydroxylation is 1. The Hall–Kier alpha value is -1.50. The molecule has 2 fully saturated rings. The lowest BCUT2D eigenvalue weighted by molar-refractivity contribution is 0.559. The molecule has 0 radical (unpaired) electrons. The van der Waals surface area contributed by atoms with Crippen LogP contribution in [0.3, 0.4) is 0 Å². The highest BCUT2D eigenvalue weighted by Crippen LogP contribution is 2.42. The largest absolute Gasteiger partial charge is 0.337 e. The maximum absolute atomic E-state index is 4.82. The molecule has 3 aliphatic rings. The van der Waals surface area contributed by atoms with Gasteiger partial charge in [-0.2, -0.15) is 4.37 Å². The van der Waals surface area contributed by atoms with Crippen LogP contribution < -0.4 is 4.90 Å². The van der Waals surface area contributed by atoms with Crippen LogP contribution >= 0.6 is 11.5 Å². The van der Waals surface area contributed by atoms with Gasteiger partial charge in [-0.3, -0.25) is 0 Å². The van der Waals surface area contributed by atoms with E-state index in [1.807, 2.05) is 0 Å². The van der Waals surface area contributed by atoms with Gasteiger partial charge in [0.2, 0.25) is 5.13 Å². The fourth-order valence-corrected chi connectivity index (χ4v) is 4.69. The smallest absolute Gasteiger partial charge is 0.205 e. The summed E-state index contributed by atoms with van der Waals surface area (Å²) < 4.78 is 6.97. The van der Waals surface area contributed by atoms with Crippen LogP contribution in [0.4, 0.5) is 5.13 Å². The number of anilines is 1. The predicted molar refractivity (Wildman–Crippen MR) is 88.8 cm³/mol. The van der Waals surface area contributed by atoms with Crippen LogP contribution in [0.15, 0.2) is 0 Å². The van der Waals surface area contributed by atoms with Crippen molar-refractivity contribution < 1.29 is 0 Å². The van der Waals surface area contributed by atoms with E-state index >= 15 is 0 Å². The van der Waals surface area contributed by atoms with E-state index < -0.39 is 0 Å². The van der Waals surface area contributed by atoms with E-state index in [1.165, 1.54) is 44.3 Å². The Balaban J connectivity index is 1.45. The Morgan fingerprint density at radius 3 is 2.83 bits per heavy atom. The number of hydrogen-bond acceptors (Lipinski definition) is 6. The van der Waals surface area contributed by atoms with Crippen molar-refractivity contribution in [1.82, 2.24) is 24.1 Å². The van der Waals surface area contributed by atoms with Crippen molar-refractivity contribution in [3.05, 3.63) is 17.5 Å². The van der Waals surface area contributed by atoms with Gasteiger partial charge in [-0.05, 0) is 38.5 Å². The predicted octanol–water partition coefficient (Wildman–Crippen LogP) is 3.07. The fourth-order valence-electron chi connectivity index (χ4n) is 3.87. The first-order chi connectivity index (χ1) is 11.4. The molecule has 0 spiro atoms. The zero-order valence-electron chi connectivity index (χ0n) is 13.3. The zero-order chi connectivity index (χ0) is 15.2. The average molecular weight is 330 g/mol. The van der Waals surface area contributed by atoms with Gasteiger partial charge in [0.05, 0.1) is 6.04 Å². The summed E-state index contributed by atoms with van der Waals surface area (Å²) in [5, 5.41) is 10.1. The van der Waals surface area contributed by atoms with Gasteiger partial charge < -0.3 is 9.47 Å². The second-order valence-electron chi connectivity index (χ2n) is 7.00. The molecule has 4 heterocycles. The van der Waals surface area contributed by atoms with E-state index in [9.17, 15) is 0 Å². The summed E-state index contributed by atoms with van der Waals surface area (Å²) in [4.78, 5) is 7.24. The molecule has 7 heteroatoms. The second-order valence-corrected chi connectivity index (χ2v) is 7.73. The summed E-state index contributed by atoms with van der Waals surface area (Å²) in [6.07, 6.45) is 9.74. The highest BCUT2D eigenvalue weighted by molar-refractivity contribution is 7.09. The SMILES string of the molecule is C1CCc2nnc([C@@H]3CCCN3c3nc(C4CC4)ns3)n2CC1. The van der Waals surface area contributed by atoms with Gasteiger partial charge in [-0.1, -0.05) is 6.42 Å². The third-order valence-electron chi connectivity index (χ3n) is 5.31. The van der Waals surface area contributed by atoms with Crippen LogP contribution in [-0.4, -0.2) is 30.7 Å². The molecule has 2 aromatic heterocycles. The summed E-state index contributed by atoms with van der Waals surface area (Å²) in [6, 6.07) is 0.328. The van der Waals surface area contributed by atoms with Crippen molar-refractivity contribution in [1.29, 1.82) is 0 Å². The Bertz CT molecular complexity index is 703. The Labute approximate surface area is 140 Å². The maximum Gasteiger partial charge on any atom is 0.205 e. The van der Waals surface area contributed by atoms with Crippen molar-refractivity contribution in [2.45, 2.75) is 69.9 Å². The number of rotatable bonds is 3. The summed E-state index contributed by atoms with van der Waals surface area (Å²) >= 11 is 1.57. The maximum atomic E-state index is 4.82. The minimum atomic E-state index is 0.328. The first kappa shape index (κ1) is 13.9. The average Bonchev–Trinajstić information content (AvgIpc) is 3.01. The molecular formula is C16H22N6S. The van der Waals surface area contributed by atoms with Crippen molar-refractivity contribution in [2.75, 3.05) is 11.4 Å². The molecule has 0 bridgehead atoms. The van der Waals surface area contributed by atoms with Gasteiger partial charge in [0.15, 0.2) is 5.82 Å². The minimum Gasteiger partial charge on any atom is -0.337 e. The topological polar surface area (TPSA) is 59.7 Å². The quantitative estimate of drug-likeness (QED) is 0.865. The molecule has 2 aromatic rings. The third kappa shape index (κ3) is 2.45. The molecule has 0 N–H and O–H groups in total. The molecule has 122 valence electrons. The summed E-state index contributed by atoms with van der Waals surface area (Å²) in [6.45, 7) is 2.14. The lowest BCUT2D eigenvalue weighted by Crippen LogP contribution is -2.25. The number of nitrogens with zero attached hydrogens (tertiary/aromatic N) is 6. The molecule has 5 rings (SSSR count). The second kappa shape index (κ2) is 5.54. The molecule has 0 aromatic carbocycles. The van der Waals surface area contributed by atoms with Crippen LogP contribution in [0.2, 0.25) is 0 Å². The normalized spacial score (nSPS) is 24.7. The first-order valence-electron chi connectivity index (χ1n) is 8.92. The Morgan fingerprint density at radius 1 is 0.957 bits per heavy atom. The molecule has 2 aliphatic heterocycles. The highest BCUT2D eigenvalue weighted by atomic mass is 32.1. The van der Waals surface area contributed by atoms with Crippen LogP contribution in [0.1, 0.15) is 74.4 Å². The van der Waals surface area contributed by atoms with Crippen LogP contribution in [0.5, 0.6) is 0 Å². The lowest BCUT2D eigenvalue weighted by atomic mass is 10.2. The molecule has 23 heavy (non-hydrogen) atoms. The molecular weight excluding hydrogens is 308 g/mol. The van der Waals surface area contributed by atoms with Gasteiger partial charge >= 0.3 is 0 Å². The minimum absolute atomic E-state index is 0.328. The van der Waals surface area contributed by atoms with E-state index in [0.29, 0.717) is 12.0 Å². The van der Waals surface area contributed by atoms with Crippen LogP contribution in [0.25, 0.3) is 0 Å². The number of aromatic nitrogens is 5. The summed E-state index contributed by atoms with van der Waals surface area (Å²) in [7, 11) is 0. The van der Waals surface area contributed by atoms with E-state index in [4.69, 9.17) is 4.98 Å². The molecule has 1 saturated heterocycles. The first-order valence-corrected chi connectivity index (χ1v) is 9.70. The highest BCUT2D eigenvalue weighted by Gasteiger charge is 2.35. The molecule has 0 unspecified atom stereocenters. The van der Waals surface area contributed by atoms with Crippen molar-refractivity contribution in [3.8, 4) is 0 Å². The van der Waals surface area contributed by atoms with Gasteiger partial charge in [0, 0.05) is 37.0 Å². The Morgan fingerprint density at radius 2 is 1.91 bits per heavy atom. The summed E-state index contributed by atoms with van der Waals surface area (Å²) in [5.74, 6) is 4.03. The monoisotopic (exact) mass is 330 g/mol. The van der Waals surface area contributed by atoms with Gasteiger partial charge in [0.1, 0.15) is 11.6 Å². The molecule has 1 aliphatic carbocycles.